The summed E-state index contributed by atoms with van der Waals surface area (Å²) in [5, 5.41) is 3.15. The minimum absolute atomic E-state index is 0.238. The maximum Gasteiger partial charge on any atom is 0.333 e. The maximum absolute atomic E-state index is 12.0. The van der Waals surface area contributed by atoms with Gasteiger partial charge in [0.25, 0.3) is 0 Å². The first-order chi connectivity index (χ1) is 8.51. The number of carbonyl (C=O) groups excluding carboxylic acids is 1. The highest BCUT2D eigenvalue weighted by molar-refractivity contribution is 9.10. The molecule has 1 rings (SSSR count). The van der Waals surface area contributed by atoms with Crippen molar-refractivity contribution in [3.05, 3.63) is 28.7 Å². The number of carbonyl (C=O) groups is 1. The third kappa shape index (κ3) is 3.99. The molecule has 18 heavy (non-hydrogen) atoms. The van der Waals surface area contributed by atoms with Gasteiger partial charge in [-0.25, -0.2) is 4.79 Å². The van der Waals surface area contributed by atoms with Gasteiger partial charge in [-0.3, -0.25) is 0 Å². The van der Waals surface area contributed by atoms with E-state index < -0.39 is 5.54 Å². The summed E-state index contributed by atoms with van der Waals surface area (Å²) in [7, 11) is 1.56. The smallest absolute Gasteiger partial charge is 0.333 e. The van der Waals surface area contributed by atoms with Crippen LogP contribution in [0.25, 0.3) is 0 Å². The second kappa shape index (κ2) is 6.75. The van der Waals surface area contributed by atoms with E-state index in [0.717, 1.165) is 10.2 Å². The van der Waals surface area contributed by atoms with Crippen molar-refractivity contribution in [3.63, 3.8) is 0 Å². The molecule has 4 nitrogen and oxygen atoms in total. The van der Waals surface area contributed by atoms with Crippen molar-refractivity contribution in [3.8, 4) is 0 Å². The average Bonchev–Trinajstić information content (AvgIpc) is 2.33. The predicted molar refractivity (Wildman–Crippen MR) is 74.7 cm³/mol. The lowest BCUT2D eigenvalue weighted by molar-refractivity contribution is -0.149. The van der Waals surface area contributed by atoms with Gasteiger partial charge in [0.05, 0.1) is 13.2 Å². The van der Waals surface area contributed by atoms with Gasteiger partial charge in [-0.1, -0.05) is 15.9 Å². The van der Waals surface area contributed by atoms with E-state index in [-0.39, 0.29) is 12.6 Å². The zero-order valence-corrected chi connectivity index (χ0v) is 12.4. The molecule has 0 aliphatic heterocycles. The van der Waals surface area contributed by atoms with Crippen LogP contribution in [0.5, 0.6) is 0 Å². The quantitative estimate of drug-likeness (QED) is 0.820. The van der Waals surface area contributed by atoms with E-state index in [9.17, 15) is 4.79 Å². The number of anilines is 1. The Morgan fingerprint density at radius 3 is 2.50 bits per heavy atom. The lowest BCUT2D eigenvalue weighted by atomic mass is 10.0. The number of esters is 1. The molecule has 0 heterocycles. The number of methoxy groups -OCH3 is 1. The van der Waals surface area contributed by atoms with Gasteiger partial charge >= 0.3 is 5.97 Å². The molecule has 0 saturated heterocycles. The molecular formula is C13H18BrNO3. The van der Waals surface area contributed by atoms with E-state index in [0.29, 0.717) is 6.61 Å². The molecule has 1 unspecified atom stereocenters. The van der Waals surface area contributed by atoms with Crippen LogP contribution in [0.1, 0.15) is 13.8 Å². The lowest BCUT2D eigenvalue weighted by Gasteiger charge is -2.28. The van der Waals surface area contributed by atoms with Gasteiger partial charge in [-0.05, 0) is 38.1 Å². The number of hydrogen-bond donors (Lipinski definition) is 1. The summed E-state index contributed by atoms with van der Waals surface area (Å²) in [5.74, 6) is -0.324. The largest absolute Gasteiger partial charge is 0.464 e. The molecule has 0 spiro atoms. The number of ether oxygens (including phenoxy) is 2. The highest BCUT2D eigenvalue weighted by Crippen LogP contribution is 2.20. The summed E-state index contributed by atoms with van der Waals surface area (Å²) in [6.07, 6.45) is 0. The zero-order valence-electron chi connectivity index (χ0n) is 10.8. The SMILES string of the molecule is CCOC(=O)C(C)(COC)Nc1ccc(Br)cc1. The van der Waals surface area contributed by atoms with Gasteiger partial charge in [0.15, 0.2) is 5.54 Å². The van der Waals surface area contributed by atoms with Crippen LogP contribution in [-0.2, 0) is 14.3 Å². The van der Waals surface area contributed by atoms with E-state index in [4.69, 9.17) is 9.47 Å². The first kappa shape index (κ1) is 15.0. The molecule has 0 bridgehead atoms. The fourth-order valence-corrected chi connectivity index (χ4v) is 1.84. The van der Waals surface area contributed by atoms with Crippen molar-refractivity contribution in [2.45, 2.75) is 19.4 Å². The number of hydrogen-bond acceptors (Lipinski definition) is 4. The fourth-order valence-electron chi connectivity index (χ4n) is 1.58. The van der Waals surface area contributed by atoms with Crippen molar-refractivity contribution < 1.29 is 14.3 Å². The third-order valence-electron chi connectivity index (χ3n) is 2.42. The first-order valence-electron chi connectivity index (χ1n) is 5.71. The van der Waals surface area contributed by atoms with E-state index in [1.54, 1.807) is 21.0 Å². The Labute approximate surface area is 116 Å². The molecule has 1 aromatic carbocycles. The molecule has 1 N–H and O–H groups in total. The highest BCUT2D eigenvalue weighted by Gasteiger charge is 2.34. The predicted octanol–water partition coefficient (Wildman–Crippen LogP) is 2.83. The van der Waals surface area contributed by atoms with Gasteiger partial charge in [0, 0.05) is 17.3 Å². The summed E-state index contributed by atoms with van der Waals surface area (Å²) in [5.41, 5.74) is -0.0516. The summed E-state index contributed by atoms with van der Waals surface area (Å²) < 4.78 is 11.1. The van der Waals surface area contributed by atoms with Crippen molar-refractivity contribution >= 4 is 27.6 Å². The summed E-state index contributed by atoms with van der Waals surface area (Å²) in [6.45, 7) is 4.13. The molecule has 1 aromatic rings. The van der Waals surface area contributed by atoms with E-state index >= 15 is 0 Å². The van der Waals surface area contributed by atoms with Crippen LogP contribution >= 0.6 is 15.9 Å². The first-order valence-corrected chi connectivity index (χ1v) is 6.51. The van der Waals surface area contributed by atoms with Crippen LogP contribution in [0.2, 0.25) is 0 Å². The molecule has 5 heteroatoms. The van der Waals surface area contributed by atoms with E-state index in [2.05, 4.69) is 21.2 Å². The molecule has 0 fully saturated rings. The van der Waals surface area contributed by atoms with Crippen LogP contribution in [0.15, 0.2) is 28.7 Å². The fraction of sp³-hybridized carbons (Fsp3) is 0.462. The van der Waals surface area contributed by atoms with Crippen molar-refractivity contribution in [1.29, 1.82) is 0 Å². The molecule has 0 amide bonds. The molecule has 1 atom stereocenters. The second-order valence-corrected chi connectivity index (χ2v) is 5.03. The Bertz CT molecular complexity index is 394. The van der Waals surface area contributed by atoms with Gasteiger partial charge in [-0.2, -0.15) is 0 Å². The number of rotatable bonds is 6. The molecule has 0 aliphatic carbocycles. The zero-order chi connectivity index (χ0) is 13.6. The maximum atomic E-state index is 12.0. The summed E-state index contributed by atoms with van der Waals surface area (Å²) in [4.78, 5) is 12.0. The van der Waals surface area contributed by atoms with Crippen molar-refractivity contribution in [1.82, 2.24) is 0 Å². The summed E-state index contributed by atoms with van der Waals surface area (Å²) in [6, 6.07) is 7.58. The van der Waals surface area contributed by atoms with Crippen LogP contribution in [0.3, 0.4) is 0 Å². The number of nitrogens with one attached hydrogen (secondary N) is 1. The van der Waals surface area contributed by atoms with Crippen molar-refractivity contribution in [2.24, 2.45) is 0 Å². The van der Waals surface area contributed by atoms with E-state index in [1.807, 2.05) is 24.3 Å². The molecule has 0 saturated carbocycles. The van der Waals surface area contributed by atoms with Crippen molar-refractivity contribution in [2.75, 3.05) is 25.6 Å². The average molecular weight is 316 g/mol. The standard InChI is InChI=1S/C13H18BrNO3/c1-4-18-12(16)13(2,9-17-3)15-11-7-5-10(14)6-8-11/h5-8,15H,4,9H2,1-3H3. The molecular weight excluding hydrogens is 298 g/mol. The number of halogens is 1. The van der Waals surface area contributed by atoms with Gasteiger partial charge in [0.1, 0.15) is 0 Å². The molecule has 0 aromatic heterocycles. The Balaban J connectivity index is 2.84. The van der Waals surface area contributed by atoms with Crippen LogP contribution in [-0.4, -0.2) is 31.8 Å². The van der Waals surface area contributed by atoms with Gasteiger partial charge < -0.3 is 14.8 Å². The highest BCUT2D eigenvalue weighted by atomic mass is 79.9. The molecule has 0 radical (unpaired) electrons. The normalized spacial score (nSPS) is 13.8. The van der Waals surface area contributed by atoms with E-state index in [1.165, 1.54) is 0 Å². The Morgan fingerprint density at radius 2 is 2.00 bits per heavy atom. The van der Waals surface area contributed by atoms with Gasteiger partial charge in [0.2, 0.25) is 0 Å². The minimum Gasteiger partial charge on any atom is -0.464 e. The molecule has 100 valence electrons. The third-order valence-corrected chi connectivity index (χ3v) is 2.95. The Kier molecular flexibility index (Phi) is 5.62. The number of benzene rings is 1. The minimum atomic E-state index is -0.890. The second-order valence-electron chi connectivity index (χ2n) is 4.12. The Hall–Kier alpha value is -1.07. The van der Waals surface area contributed by atoms with Crippen LogP contribution in [0.4, 0.5) is 5.69 Å². The topological polar surface area (TPSA) is 47.6 Å². The van der Waals surface area contributed by atoms with Crippen LogP contribution < -0.4 is 5.32 Å². The lowest BCUT2D eigenvalue weighted by Crippen LogP contribution is -2.48. The Morgan fingerprint density at radius 1 is 1.39 bits per heavy atom. The summed E-state index contributed by atoms with van der Waals surface area (Å²) >= 11 is 3.37. The van der Waals surface area contributed by atoms with Gasteiger partial charge in [-0.15, -0.1) is 0 Å². The van der Waals surface area contributed by atoms with Crippen LogP contribution in [0, 0.1) is 0 Å². The molecule has 0 aliphatic rings. The monoisotopic (exact) mass is 315 g/mol.